The fourth-order valence-electron chi connectivity index (χ4n) is 9.61. The molecule has 0 fully saturated rings. The molecular formula is C36H106Cl2N3O4P61S. The summed E-state index contributed by atoms with van der Waals surface area (Å²) in [5.41, 5.74) is 7.59. The topological polar surface area (TPSA) is 110 Å². The summed E-state index contributed by atoms with van der Waals surface area (Å²) in [5.74, 6) is -1.14. The number of nitrogens with two attached hydrogens (primary N) is 1. The Hall–Kier alpha value is 23.1. The normalized spacial score (nSPS) is 17.9. The third kappa shape index (κ3) is 39.0. The molecule has 3 aromatic rings. The minimum atomic E-state index is -4.20. The Balaban J connectivity index is 0.000000614. The highest BCUT2D eigenvalue weighted by Crippen LogP contribution is 3.49. The summed E-state index contributed by atoms with van der Waals surface area (Å²) >= 11 is 12.5. The highest BCUT2D eigenvalue weighted by molar-refractivity contribution is 9.55. The van der Waals surface area contributed by atoms with Crippen LogP contribution in [0, 0.1) is 12.8 Å². The second-order valence-electron chi connectivity index (χ2n) is 22.2. The van der Waals surface area contributed by atoms with Crippen molar-refractivity contribution in [2.75, 3.05) is 33.3 Å². The fraction of sp³-hybridized carbons (Fsp3) is 0.389. The van der Waals surface area contributed by atoms with E-state index in [1.54, 1.807) is 85.8 Å². The highest BCUT2D eigenvalue weighted by Gasteiger charge is 2.63. The van der Waals surface area contributed by atoms with Crippen molar-refractivity contribution in [1.29, 1.82) is 0 Å². The maximum Gasteiger partial charge on any atom is 0.249 e. The van der Waals surface area contributed by atoms with Gasteiger partial charge in [-0.15, -0.1) is 259 Å². The Morgan fingerprint density at radius 3 is 1.09 bits per heavy atom. The lowest BCUT2D eigenvalue weighted by Gasteiger charge is -2.61. The number of benzene rings is 3. The molecule has 7 nitrogen and oxygen atoms in total. The molecule has 1 aliphatic heterocycles. The summed E-state index contributed by atoms with van der Waals surface area (Å²) in [4.78, 5) is 26.2. The number of nitrogens with one attached hydrogen (secondary N) is 1. The van der Waals surface area contributed by atoms with E-state index >= 15 is 0 Å². The van der Waals surface area contributed by atoms with Gasteiger partial charge in [0.2, 0.25) is 21.8 Å². The average Bonchev–Trinajstić information content (AvgIpc) is 0.729. The molecule has 2 amide bonds. The van der Waals surface area contributed by atoms with Crippen LogP contribution in [0.4, 0.5) is 0 Å². The maximum absolute atomic E-state index is 14.6. The number of aryl methyl sites for hydroxylation is 1. The van der Waals surface area contributed by atoms with Gasteiger partial charge in [0.05, 0.1) is 17.0 Å². The number of halogens is 2. The number of rotatable bonds is 40. The van der Waals surface area contributed by atoms with Crippen molar-refractivity contribution in [2.24, 2.45) is 11.7 Å². The first kappa shape index (κ1) is 124. The van der Waals surface area contributed by atoms with Gasteiger partial charge in [-0.05, 0) is 309 Å². The fourth-order valence-corrected chi connectivity index (χ4v) is 925. The van der Waals surface area contributed by atoms with E-state index in [0.717, 1.165) is 0 Å². The molecule has 1 heterocycles. The number of amides is 2. The predicted octanol–water partition coefficient (Wildman–Crippen LogP) is 44.0. The van der Waals surface area contributed by atoms with Crippen LogP contribution in [0.3, 0.4) is 0 Å². The predicted molar refractivity (Wildman–Crippen MR) is 695 cm³/mol. The van der Waals surface area contributed by atoms with E-state index in [-0.39, 0.29) is 248 Å². The van der Waals surface area contributed by atoms with Gasteiger partial charge in [-0.2, -0.15) is 4.31 Å². The number of sulfonamides is 1. The maximum atomic E-state index is 14.6. The minimum Gasteiger partial charge on any atom is -0.368 e. The summed E-state index contributed by atoms with van der Waals surface area (Å²) in [6.07, 6.45) is 2.28. The largest absolute Gasteiger partial charge is 0.368 e. The molecule has 71 heteroatoms. The lowest BCUT2D eigenvalue weighted by atomic mass is 9.88. The standard InChI is InChI=1S/C31H33Cl2N3O4S.C5H73P61/c1-19(2)17-26(30(34)37)35-31(38)25-15-16-27(21-11-13-23(32)14-12-21)36(29(25)22-8-6-9-24(33)18-22)41(39,40)28-10-5-4-7-20(28)3;1-35(2)52(36(3)4)60(51(33)34)64(59(49(29)30)50(31)32)66(63(57(45(21)22)46(23)24)58(47(25)26)48(27)28)65(61(53(37(5)6)38(7)8)54(39(9)10)40(11)12)62(55(41(13)14)42(15)16)56(43(17)18)44(19)20/h4-15,18-19,26-27,29H,16-17H2,1-3H3,(H2,34,37)(H,35,38);6-34H2,1-5H3/t26-,27-,29?;/m0./s1. The SMILES string of the molecule is CP(C)P(P(C)C)P(P(P)P)P(P(P(P)P)P(P)P)P(P(P(P(P)P)P(P)P)P(P(P)P)P(P)P)P(P(P(P(C)P)P(P)P)P(P(P)P)P(P)P)P(P(P(P)P)P(P)P)P(P(P)P)P(P)P.Cc1ccccc1S(=O)(=O)N1C(c2cccc(Cl)c2)C(C(=O)N[C@@H](CC(C)C)C(N)=O)=CC[C@H]1c1ccc(Cl)cc1. The lowest BCUT2D eigenvalue weighted by molar-refractivity contribution is -0.126. The minimum absolute atomic E-state index is 0.0307. The van der Waals surface area contributed by atoms with Crippen molar-refractivity contribution in [3.05, 3.63) is 111 Å². The summed E-state index contributed by atoms with van der Waals surface area (Å²) < 4.78 is 30.6. The first-order valence-corrected chi connectivity index (χ1v) is 145. The van der Waals surface area contributed by atoms with Gasteiger partial charge in [0, 0.05) is 15.6 Å². The zero-order valence-corrected chi connectivity index (χ0v) is 124. The molecule has 3 aromatic carbocycles. The molecule has 0 bridgehead atoms. The molecule has 3 N–H and O–H groups in total. The van der Waals surface area contributed by atoms with Crippen LogP contribution in [0.1, 0.15) is 55.5 Å². The van der Waals surface area contributed by atoms with Crippen molar-refractivity contribution in [3.8, 4) is 0 Å². The molecule has 39 atom stereocenters. The van der Waals surface area contributed by atoms with Gasteiger partial charge < -0.3 is 11.1 Å². The molecule has 0 aliphatic carbocycles. The van der Waals surface area contributed by atoms with Gasteiger partial charge in [0.25, 0.3) is 0 Å². The second-order valence-corrected chi connectivity index (χ2v) is 283. The van der Waals surface area contributed by atoms with Crippen LogP contribution >= 0.6 is 507 Å². The molecule has 1 aliphatic rings. The summed E-state index contributed by atoms with van der Waals surface area (Å²) in [7, 11) is 101. The molecule has 107 heavy (non-hydrogen) atoms. The highest BCUT2D eigenvalue weighted by atomic mass is 35.5. The number of primary amides is 1. The van der Waals surface area contributed by atoms with E-state index < -0.39 is 40.0 Å². The van der Waals surface area contributed by atoms with Gasteiger partial charge in [-0.3, -0.25) is 9.59 Å². The van der Waals surface area contributed by atoms with E-state index in [0.29, 0.717) is 33.2 Å². The Labute approximate surface area is 759 Å². The van der Waals surface area contributed by atoms with Gasteiger partial charge in [-0.1, -0.05) is 108 Å². The smallest absolute Gasteiger partial charge is 0.249 e. The van der Waals surface area contributed by atoms with Crippen LogP contribution in [0.2, 0.25) is 10.0 Å². The molecule has 0 saturated carbocycles. The number of hydrogen-bond acceptors (Lipinski definition) is 4. The first-order valence-electron chi connectivity index (χ1n) is 29.2. The van der Waals surface area contributed by atoms with Crippen molar-refractivity contribution < 1.29 is 18.0 Å². The zero-order chi connectivity index (χ0) is 82.4. The molecule has 4 rings (SSSR count). The zero-order valence-electron chi connectivity index (χ0n) is 59.1. The molecule has 0 aromatic heterocycles. The van der Waals surface area contributed by atoms with Gasteiger partial charge in [0.15, 0.2) is 0 Å². The van der Waals surface area contributed by atoms with E-state index in [9.17, 15) is 18.0 Å². The number of carbonyl (C=O) groups is 2. The summed E-state index contributed by atoms with van der Waals surface area (Å²) in [5, 5.41) is 3.67. The number of hydrogen-bond donors (Lipinski definition) is 2. The van der Waals surface area contributed by atoms with Gasteiger partial charge >= 0.3 is 0 Å². The summed E-state index contributed by atoms with van der Waals surface area (Å²) in [6.45, 7) is 12.7. The number of nitrogens with zero attached hydrogens (tertiary/aromatic N) is 1. The third-order valence-electron chi connectivity index (χ3n) is 13.2. The third-order valence-corrected chi connectivity index (χ3v) is 458. The van der Waals surface area contributed by atoms with Crippen molar-refractivity contribution >= 4 is 529 Å². The van der Waals surface area contributed by atoms with E-state index in [1.807, 2.05) is 13.8 Å². The number of carbonyl (C=O) groups excluding carboxylic acids is 2. The Kier molecular flexibility index (Phi) is 73.3. The molecule has 0 radical (unpaired) electrons. The van der Waals surface area contributed by atoms with Crippen LogP contribution in [0.5, 0.6) is 0 Å². The average molecular weight is 2640 g/mol. The van der Waals surface area contributed by atoms with Crippen LogP contribution in [-0.2, 0) is 19.6 Å². The van der Waals surface area contributed by atoms with Crippen molar-refractivity contribution in [3.63, 3.8) is 0 Å². The molecule has 37 unspecified atom stereocenters. The van der Waals surface area contributed by atoms with E-state index in [1.165, 1.54) is 4.31 Å². The molecule has 0 spiro atoms. The lowest BCUT2D eigenvalue weighted by Crippen LogP contribution is -2.49. The second kappa shape index (κ2) is 63.2. The quantitative estimate of drug-likeness (QED) is 0.0553. The Bertz CT molecular complexity index is 3170. The monoisotopic (exact) mass is 2640 g/mol. The van der Waals surface area contributed by atoms with Crippen LogP contribution in [0.15, 0.2) is 89.3 Å². The first-order chi connectivity index (χ1) is 49.4. The van der Waals surface area contributed by atoms with E-state index in [2.05, 4.69) is 298 Å². The van der Waals surface area contributed by atoms with Gasteiger partial charge in [0.1, 0.15) is 6.04 Å². The molecular weight excluding hydrogens is 2530 g/mol. The van der Waals surface area contributed by atoms with Crippen LogP contribution in [-0.4, -0.2) is 63.9 Å². The Morgan fingerprint density at radius 1 is 0.449 bits per heavy atom. The van der Waals surface area contributed by atoms with Gasteiger partial charge in [-0.25, -0.2) is 8.42 Å². The van der Waals surface area contributed by atoms with Crippen molar-refractivity contribution in [1.82, 2.24) is 9.62 Å². The molecule has 0 saturated heterocycles. The van der Waals surface area contributed by atoms with Crippen LogP contribution < -0.4 is 11.1 Å². The van der Waals surface area contributed by atoms with Crippen LogP contribution in [0.25, 0.3) is 0 Å². The van der Waals surface area contributed by atoms with E-state index in [4.69, 9.17) is 28.9 Å². The Morgan fingerprint density at radius 2 is 0.785 bits per heavy atom. The summed E-state index contributed by atoms with van der Waals surface area (Å²) in [6, 6.07) is 17.9. The van der Waals surface area contributed by atoms with Crippen molar-refractivity contribution in [2.45, 2.75) is 56.6 Å². The molecule has 614 valence electrons.